The lowest BCUT2D eigenvalue weighted by Crippen LogP contribution is -2.47. The van der Waals surface area contributed by atoms with Crippen LogP contribution in [0.5, 0.6) is 5.75 Å². The van der Waals surface area contributed by atoms with Gasteiger partial charge in [-0.15, -0.1) is 0 Å². The van der Waals surface area contributed by atoms with Gasteiger partial charge in [0.05, 0.1) is 5.69 Å². The summed E-state index contributed by atoms with van der Waals surface area (Å²) in [7, 11) is 0. The van der Waals surface area contributed by atoms with Gasteiger partial charge in [0.1, 0.15) is 5.75 Å². The van der Waals surface area contributed by atoms with Crippen LogP contribution < -0.4 is 15.6 Å². The largest absolute Gasteiger partial charge is 0.481 e. The van der Waals surface area contributed by atoms with Crippen LogP contribution in [-0.2, 0) is 4.79 Å². The summed E-state index contributed by atoms with van der Waals surface area (Å²) in [6.07, 6.45) is -0.793. The Hall–Kier alpha value is -3.13. The number of amides is 2. The van der Waals surface area contributed by atoms with E-state index in [2.05, 4.69) is 31.9 Å². The number of hydrogen-bond donors (Lipinski definition) is 2. The highest BCUT2D eigenvalue weighted by Gasteiger charge is 2.18. The second-order valence-corrected chi connectivity index (χ2v) is 6.99. The molecule has 0 bridgehead atoms. The molecule has 0 aliphatic rings. The Morgan fingerprint density at radius 3 is 2.54 bits per heavy atom. The summed E-state index contributed by atoms with van der Waals surface area (Å²) >= 11 is 3.34. The van der Waals surface area contributed by atoms with Gasteiger partial charge in [-0.05, 0) is 50.2 Å². The van der Waals surface area contributed by atoms with Crippen molar-refractivity contribution in [2.24, 2.45) is 0 Å². The Bertz CT molecular complexity index is 988. The lowest BCUT2D eigenvalue weighted by atomic mass is 10.3. The van der Waals surface area contributed by atoms with Gasteiger partial charge in [-0.2, -0.15) is 5.10 Å². The van der Waals surface area contributed by atoms with Crippen LogP contribution in [0.15, 0.2) is 65.1 Å². The van der Waals surface area contributed by atoms with Gasteiger partial charge in [0.25, 0.3) is 11.8 Å². The predicted molar refractivity (Wildman–Crippen MR) is 108 cm³/mol. The summed E-state index contributed by atoms with van der Waals surface area (Å²) in [6.45, 7) is 3.44. The number of benzene rings is 2. The number of halogens is 1. The lowest BCUT2D eigenvalue weighted by molar-refractivity contribution is -0.128. The number of nitrogens with zero attached hydrogens (tertiary/aromatic N) is 2. The third-order valence-corrected chi connectivity index (χ3v) is 4.39. The minimum absolute atomic E-state index is 0.196. The molecule has 1 atom stereocenters. The van der Waals surface area contributed by atoms with E-state index >= 15 is 0 Å². The van der Waals surface area contributed by atoms with Gasteiger partial charge in [0, 0.05) is 10.2 Å². The maximum absolute atomic E-state index is 12.3. The molecule has 28 heavy (non-hydrogen) atoms. The van der Waals surface area contributed by atoms with Gasteiger partial charge >= 0.3 is 0 Å². The van der Waals surface area contributed by atoms with Gasteiger partial charge < -0.3 is 4.74 Å². The van der Waals surface area contributed by atoms with E-state index in [1.54, 1.807) is 35.9 Å². The number of nitrogens with one attached hydrogen (secondary N) is 2. The molecule has 3 aromatic rings. The third-order valence-electron chi connectivity index (χ3n) is 3.90. The highest BCUT2D eigenvalue weighted by Crippen LogP contribution is 2.18. The summed E-state index contributed by atoms with van der Waals surface area (Å²) in [5.41, 5.74) is 6.57. The average molecular weight is 443 g/mol. The van der Waals surface area contributed by atoms with Crippen LogP contribution in [0.25, 0.3) is 5.69 Å². The maximum Gasteiger partial charge on any atom is 0.290 e. The first-order valence-electron chi connectivity index (χ1n) is 8.58. The van der Waals surface area contributed by atoms with Crippen LogP contribution in [0, 0.1) is 6.92 Å². The van der Waals surface area contributed by atoms with Gasteiger partial charge in [-0.1, -0.05) is 40.2 Å². The molecular weight excluding hydrogens is 424 g/mol. The Morgan fingerprint density at radius 2 is 1.82 bits per heavy atom. The summed E-state index contributed by atoms with van der Waals surface area (Å²) in [5, 5.41) is 4.30. The standard InChI is InChI=1S/C20H19BrN4O3/c1-13-11-18(24-25(13)16-8-4-3-5-9-16)20(27)23-22-19(26)14(2)28-17-10-6-7-15(21)12-17/h3-12,14H,1-2H3,(H,22,26)(H,23,27). The van der Waals surface area contributed by atoms with Crippen molar-refractivity contribution in [2.45, 2.75) is 20.0 Å². The number of aromatic nitrogens is 2. The molecule has 144 valence electrons. The van der Waals surface area contributed by atoms with E-state index in [0.29, 0.717) is 5.75 Å². The van der Waals surface area contributed by atoms with Crippen molar-refractivity contribution in [1.82, 2.24) is 20.6 Å². The van der Waals surface area contributed by atoms with E-state index in [4.69, 9.17) is 4.74 Å². The van der Waals surface area contributed by atoms with Crippen molar-refractivity contribution in [3.05, 3.63) is 76.5 Å². The second-order valence-electron chi connectivity index (χ2n) is 6.08. The Morgan fingerprint density at radius 1 is 1.07 bits per heavy atom. The molecule has 1 aromatic heterocycles. The molecule has 0 spiro atoms. The number of carbonyl (C=O) groups excluding carboxylic acids is 2. The average Bonchev–Trinajstić information content (AvgIpc) is 3.08. The fourth-order valence-corrected chi connectivity index (χ4v) is 2.88. The molecule has 2 N–H and O–H groups in total. The van der Waals surface area contributed by atoms with Crippen molar-refractivity contribution in [3.8, 4) is 11.4 Å². The minimum atomic E-state index is -0.793. The smallest absolute Gasteiger partial charge is 0.290 e. The SMILES string of the molecule is Cc1cc(C(=O)NNC(=O)C(C)Oc2cccc(Br)c2)nn1-c1ccccc1. The van der Waals surface area contributed by atoms with Crippen molar-refractivity contribution in [1.29, 1.82) is 0 Å². The molecule has 0 saturated carbocycles. The van der Waals surface area contributed by atoms with Crippen LogP contribution in [0.2, 0.25) is 0 Å². The van der Waals surface area contributed by atoms with Crippen LogP contribution in [0.3, 0.4) is 0 Å². The monoisotopic (exact) mass is 442 g/mol. The summed E-state index contributed by atoms with van der Waals surface area (Å²) < 4.78 is 8.07. The number of carbonyl (C=O) groups is 2. The number of ether oxygens (including phenoxy) is 1. The molecule has 2 amide bonds. The van der Waals surface area contributed by atoms with Gasteiger partial charge in [0.2, 0.25) is 0 Å². The molecule has 0 aliphatic heterocycles. The summed E-state index contributed by atoms with van der Waals surface area (Å²) in [6, 6.07) is 18.3. The molecule has 8 heteroatoms. The van der Waals surface area contributed by atoms with E-state index in [1.807, 2.05) is 43.3 Å². The Balaban J connectivity index is 1.58. The molecule has 0 radical (unpaired) electrons. The summed E-state index contributed by atoms with van der Waals surface area (Å²) in [4.78, 5) is 24.5. The topological polar surface area (TPSA) is 85.2 Å². The van der Waals surface area contributed by atoms with E-state index in [9.17, 15) is 9.59 Å². The van der Waals surface area contributed by atoms with E-state index < -0.39 is 17.9 Å². The fourth-order valence-electron chi connectivity index (χ4n) is 2.50. The Kier molecular flexibility index (Phi) is 6.10. The first-order valence-corrected chi connectivity index (χ1v) is 9.38. The molecular formula is C20H19BrN4O3. The van der Waals surface area contributed by atoms with Gasteiger partial charge in [-0.25, -0.2) is 4.68 Å². The lowest BCUT2D eigenvalue weighted by Gasteiger charge is -2.15. The first-order chi connectivity index (χ1) is 13.4. The van der Waals surface area contributed by atoms with Crippen LogP contribution in [-0.4, -0.2) is 27.7 Å². The molecule has 1 unspecified atom stereocenters. The predicted octanol–water partition coefficient (Wildman–Crippen LogP) is 3.17. The zero-order valence-electron chi connectivity index (χ0n) is 15.3. The van der Waals surface area contributed by atoms with Crippen molar-refractivity contribution >= 4 is 27.7 Å². The molecule has 0 saturated heterocycles. The first kappa shape index (κ1) is 19.6. The van der Waals surface area contributed by atoms with E-state index in [0.717, 1.165) is 15.9 Å². The maximum atomic E-state index is 12.3. The zero-order valence-corrected chi connectivity index (χ0v) is 16.9. The highest BCUT2D eigenvalue weighted by molar-refractivity contribution is 9.10. The molecule has 3 rings (SSSR count). The summed E-state index contributed by atoms with van der Waals surface area (Å²) in [5.74, 6) is -0.450. The number of para-hydroxylation sites is 1. The fraction of sp³-hybridized carbons (Fsp3) is 0.150. The Labute approximate surface area is 170 Å². The number of hydrogen-bond acceptors (Lipinski definition) is 4. The highest BCUT2D eigenvalue weighted by atomic mass is 79.9. The van der Waals surface area contributed by atoms with Crippen molar-refractivity contribution in [2.75, 3.05) is 0 Å². The van der Waals surface area contributed by atoms with Crippen LogP contribution in [0.1, 0.15) is 23.1 Å². The molecule has 1 heterocycles. The minimum Gasteiger partial charge on any atom is -0.481 e. The number of aryl methyl sites for hydroxylation is 1. The van der Waals surface area contributed by atoms with Gasteiger partial charge in [0.15, 0.2) is 11.8 Å². The second kappa shape index (κ2) is 8.71. The number of rotatable bonds is 5. The normalized spacial score (nSPS) is 11.5. The van der Waals surface area contributed by atoms with Crippen molar-refractivity contribution in [3.63, 3.8) is 0 Å². The van der Waals surface area contributed by atoms with Crippen molar-refractivity contribution < 1.29 is 14.3 Å². The van der Waals surface area contributed by atoms with Crippen LogP contribution >= 0.6 is 15.9 Å². The molecule has 7 nitrogen and oxygen atoms in total. The molecule has 0 fully saturated rings. The molecule has 0 aliphatic carbocycles. The zero-order chi connectivity index (χ0) is 20.1. The van der Waals surface area contributed by atoms with Crippen LogP contribution in [0.4, 0.5) is 0 Å². The van der Waals surface area contributed by atoms with Gasteiger partial charge in [-0.3, -0.25) is 20.4 Å². The van der Waals surface area contributed by atoms with E-state index in [-0.39, 0.29) is 5.69 Å². The van der Waals surface area contributed by atoms with E-state index in [1.165, 1.54) is 0 Å². The number of hydrazine groups is 1. The quantitative estimate of drug-likeness (QED) is 0.594. The third kappa shape index (κ3) is 4.77. The molecule has 2 aromatic carbocycles.